The Morgan fingerprint density at radius 3 is 2.62 bits per heavy atom. The van der Waals surface area contributed by atoms with E-state index in [4.69, 9.17) is 22.1 Å². The lowest BCUT2D eigenvalue weighted by Gasteiger charge is -2.11. The van der Waals surface area contributed by atoms with Crippen LogP contribution in [-0.2, 0) is 0 Å². The molecular weight excluding hydrogens is 193 g/mol. The van der Waals surface area contributed by atoms with Gasteiger partial charge in [0, 0.05) is 0 Å². The molecule has 0 spiro atoms. The fourth-order valence-electron chi connectivity index (χ4n) is 0.892. The molecule has 13 heavy (non-hydrogen) atoms. The van der Waals surface area contributed by atoms with E-state index in [9.17, 15) is 4.39 Å². The van der Waals surface area contributed by atoms with E-state index >= 15 is 0 Å². The smallest absolute Gasteiger partial charge is 0.168 e. The van der Waals surface area contributed by atoms with E-state index in [0.717, 1.165) is 0 Å². The maximum Gasteiger partial charge on any atom is 0.168 e. The van der Waals surface area contributed by atoms with Crippen molar-refractivity contribution in [2.45, 2.75) is 20.0 Å². The number of anilines is 1. The molecule has 0 unspecified atom stereocenters. The Balaban J connectivity index is 3.04. The van der Waals surface area contributed by atoms with E-state index in [1.807, 2.05) is 13.8 Å². The summed E-state index contributed by atoms with van der Waals surface area (Å²) >= 11 is 5.66. The number of nitrogen functional groups attached to an aromatic ring is 1. The second-order valence-electron chi connectivity index (χ2n) is 2.95. The van der Waals surface area contributed by atoms with Gasteiger partial charge in [-0.3, -0.25) is 0 Å². The Bertz CT molecular complexity index is 315. The molecule has 1 rings (SSSR count). The summed E-state index contributed by atoms with van der Waals surface area (Å²) in [6.07, 6.45) is -0.0412. The minimum atomic E-state index is -0.625. The minimum absolute atomic E-state index is 0.0288. The molecule has 2 nitrogen and oxygen atoms in total. The Morgan fingerprint density at radius 1 is 1.46 bits per heavy atom. The van der Waals surface area contributed by atoms with Gasteiger partial charge >= 0.3 is 0 Å². The SMILES string of the molecule is CC(C)Oc1ccc(N)c(F)c1Cl. The summed E-state index contributed by atoms with van der Waals surface area (Å²) in [4.78, 5) is 0. The molecule has 0 bridgehead atoms. The first kappa shape index (κ1) is 10.1. The molecule has 0 heterocycles. The van der Waals surface area contributed by atoms with Gasteiger partial charge in [0.15, 0.2) is 5.82 Å². The molecule has 0 aliphatic heterocycles. The van der Waals surface area contributed by atoms with Crippen LogP contribution < -0.4 is 10.5 Å². The van der Waals surface area contributed by atoms with Gasteiger partial charge < -0.3 is 10.5 Å². The van der Waals surface area contributed by atoms with Crippen LogP contribution in [0.5, 0.6) is 5.75 Å². The van der Waals surface area contributed by atoms with Crippen LogP contribution in [0, 0.1) is 5.82 Å². The van der Waals surface area contributed by atoms with Gasteiger partial charge in [0.1, 0.15) is 10.8 Å². The normalized spacial score (nSPS) is 10.5. The summed E-state index contributed by atoms with van der Waals surface area (Å²) in [6.45, 7) is 3.68. The second-order valence-corrected chi connectivity index (χ2v) is 3.33. The summed E-state index contributed by atoms with van der Waals surface area (Å²) in [6, 6.07) is 2.99. The number of nitrogens with two attached hydrogens (primary N) is 1. The average Bonchev–Trinajstić information content (AvgIpc) is 2.06. The van der Waals surface area contributed by atoms with Gasteiger partial charge in [0.25, 0.3) is 0 Å². The first-order valence-electron chi connectivity index (χ1n) is 3.92. The first-order valence-corrected chi connectivity index (χ1v) is 4.30. The predicted molar refractivity (Wildman–Crippen MR) is 51.6 cm³/mol. The Morgan fingerprint density at radius 2 is 2.08 bits per heavy atom. The molecule has 0 aromatic heterocycles. The molecule has 72 valence electrons. The van der Waals surface area contributed by atoms with Gasteiger partial charge in [-0.25, -0.2) is 4.39 Å². The summed E-state index contributed by atoms with van der Waals surface area (Å²) in [7, 11) is 0. The van der Waals surface area contributed by atoms with Crippen molar-refractivity contribution in [1.29, 1.82) is 0 Å². The third kappa shape index (κ3) is 2.25. The Hall–Kier alpha value is -0.960. The van der Waals surface area contributed by atoms with Crippen LogP contribution in [-0.4, -0.2) is 6.10 Å². The highest BCUT2D eigenvalue weighted by atomic mass is 35.5. The lowest BCUT2D eigenvalue weighted by atomic mass is 10.3. The molecule has 0 fully saturated rings. The molecule has 0 amide bonds. The Kier molecular flexibility index (Phi) is 2.98. The maximum absolute atomic E-state index is 13.1. The number of benzene rings is 1. The largest absolute Gasteiger partial charge is 0.489 e. The van der Waals surface area contributed by atoms with E-state index in [0.29, 0.717) is 5.75 Å². The van der Waals surface area contributed by atoms with E-state index in [1.165, 1.54) is 6.07 Å². The van der Waals surface area contributed by atoms with E-state index < -0.39 is 5.82 Å². The highest BCUT2D eigenvalue weighted by Crippen LogP contribution is 2.31. The van der Waals surface area contributed by atoms with Gasteiger partial charge in [-0.2, -0.15) is 0 Å². The molecule has 4 heteroatoms. The average molecular weight is 204 g/mol. The third-order valence-corrected chi connectivity index (χ3v) is 1.79. The minimum Gasteiger partial charge on any atom is -0.489 e. The molecule has 0 saturated heterocycles. The monoisotopic (exact) mass is 203 g/mol. The van der Waals surface area contributed by atoms with Crippen molar-refractivity contribution < 1.29 is 9.13 Å². The van der Waals surface area contributed by atoms with Crippen molar-refractivity contribution >= 4 is 17.3 Å². The van der Waals surface area contributed by atoms with Crippen LogP contribution in [0.15, 0.2) is 12.1 Å². The van der Waals surface area contributed by atoms with Crippen molar-refractivity contribution in [1.82, 2.24) is 0 Å². The first-order chi connectivity index (χ1) is 6.02. The number of hydrogen-bond donors (Lipinski definition) is 1. The summed E-state index contributed by atoms with van der Waals surface area (Å²) in [5.41, 5.74) is 5.33. The van der Waals surface area contributed by atoms with E-state index in [-0.39, 0.29) is 16.8 Å². The maximum atomic E-state index is 13.1. The quantitative estimate of drug-likeness (QED) is 0.751. The summed E-state index contributed by atoms with van der Waals surface area (Å²) in [5.74, 6) is -0.303. The van der Waals surface area contributed by atoms with Crippen molar-refractivity contribution in [2.24, 2.45) is 0 Å². The fourth-order valence-corrected chi connectivity index (χ4v) is 1.11. The molecule has 0 aliphatic carbocycles. The standard InChI is InChI=1S/C9H11ClFNO/c1-5(2)13-7-4-3-6(12)9(11)8(7)10/h3-5H,12H2,1-2H3. The lowest BCUT2D eigenvalue weighted by molar-refractivity contribution is 0.241. The molecule has 1 aromatic carbocycles. The third-order valence-electron chi connectivity index (χ3n) is 1.44. The fraction of sp³-hybridized carbons (Fsp3) is 0.333. The van der Waals surface area contributed by atoms with Crippen molar-refractivity contribution in [3.8, 4) is 5.75 Å². The lowest BCUT2D eigenvalue weighted by Crippen LogP contribution is -2.06. The molecule has 2 N–H and O–H groups in total. The number of halogens is 2. The van der Waals surface area contributed by atoms with Crippen LogP contribution >= 0.6 is 11.6 Å². The zero-order valence-electron chi connectivity index (χ0n) is 7.47. The van der Waals surface area contributed by atoms with Crippen LogP contribution in [0.3, 0.4) is 0 Å². The van der Waals surface area contributed by atoms with Crippen LogP contribution in [0.1, 0.15) is 13.8 Å². The molecular formula is C9H11ClFNO. The number of ether oxygens (including phenoxy) is 1. The van der Waals surface area contributed by atoms with Crippen LogP contribution in [0.2, 0.25) is 5.02 Å². The summed E-state index contributed by atoms with van der Waals surface area (Å²) in [5, 5.41) is -0.0614. The van der Waals surface area contributed by atoms with Crippen molar-refractivity contribution in [3.63, 3.8) is 0 Å². The van der Waals surface area contributed by atoms with Gasteiger partial charge in [-0.05, 0) is 26.0 Å². The van der Waals surface area contributed by atoms with Crippen LogP contribution in [0.25, 0.3) is 0 Å². The van der Waals surface area contributed by atoms with Crippen LogP contribution in [0.4, 0.5) is 10.1 Å². The molecule has 1 aromatic rings. The predicted octanol–water partition coefficient (Wildman–Crippen LogP) is 2.85. The highest BCUT2D eigenvalue weighted by Gasteiger charge is 2.11. The van der Waals surface area contributed by atoms with Gasteiger partial charge in [-0.15, -0.1) is 0 Å². The van der Waals surface area contributed by atoms with E-state index in [2.05, 4.69) is 0 Å². The van der Waals surface area contributed by atoms with Crippen molar-refractivity contribution in [3.05, 3.63) is 23.0 Å². The molecule has 0 aliphatic rings. The molecule has 0 atom stereocenters. The van der Waals surface area contributed by atoms with Gasteiger partial charge in [0.05, 0.1) is 11.8 Å². The topological polar surface area (TPSA) is 35.2 Å². The number of rotatable bonds is 2. The highest BCUT2D eigenvalue weighted by molar-refractivity contribution is 6.32. The molecule has 0 saturated carbocycles. The number of hydrogen-bond acceptors (Lipinski definition) is 2. The van der Waals surface area contributed by atoms with Gasteiger partial charge in [0.2, 0.25) is 0 Å². The zero-order valence-corrected chi connectivity index (χ0v) is 8.23. The molecule has 0 radical (unpaired) electrons. The Labute approximate surface area is 81.4 Å². The second kappa shape index (κ2) is 3.83. The zero-order chi connectivity index (χ0) is 10.0. The van der Waals surface area contributed by atoms with Crippen molar-refractivity contribution in [2.75, 3.05) is 5.73 Å². The van der Waals surface area contributed by atoms with Gasteiger partial charge in [-0.1, -0.05) is 11.6 Å². The van der Waals surface area contributed by atoms with E-state index in [1.54, 1.807) is 6.07 Å². The summed E-state index contributed by atoms with van der Waals surface area (Å²) < 4.78 is 18.4.